The van der Waals surface area contributed by atoms with E-state index in [0.717, 1.165) is 11.3 Å². The summed E-state index contributed by atoms with van der Waals surface area (Å²) in [5, 5.41) is 10.1. The molecule has 1 aromatic rings. The van der Waals surface area contributed by atoms with E-state index < -0.39 is 0 Å². The van der Waals surface area contributed by atoms with Crippen molar-refractivity contribution < 1.29 is 5.11 Å². The number of hydrogen-bond acceptors (Lipinski definition) is 2. The lowest BCUT2D eigenvalue weighted by molar-refractivity contribution is 0.470. The first kappa shape index (κ1) is 10.5. The van der Waals surface area contributed by atoms with Crippen molar-refractivity contribution in [3.05, 3.63) is 29.3 Å². The molecule has 0 atom stereocenters. The maximum absolute atomic E-state index is 9.46. The lowest BCUT2D eigenvalue weighted by Crippen LogP contribution is -1.89. The van der Waals surface area contributed by atoms with Gasteiger partial charge in [-0.1, -0.05) is 26.0 Å². The van der Waals surface area contributed by atoms with Crippen LogP contribution >= 0.6 is 11.8 Å². The molecule has 0 aliphatic rings. The zero-order chi connectivity index (χ0) is 9.84. The molecule has 0 aliphatic carbocycles. The van der Waals surface area contributed by atoms with Gasteiger partial charge >= 0.3 is 0 Å². The molecule has 0 unspecified atom stereocenters. The Kier molecular flexibility index (Phi) is 3.67. The number of benzene rings is 1. The summed E-state index contributed by atoms with van der Waals surface area (Å²) in [6.07, 6.45) is 0. The quantitative estimate of drug-likeness (QED) is 0.800. The molecule has 2 heteroatoms. The van der Waals surface area contributed by atoms with Crippen LogP contribution < -0.4 is 0 Å². The molecule has 0 radical (unpaired) electrons. The standard InChI is InChI=1S/C11H16OS/c1-8(2)13-7-10-5-4-9(3)11(12)6-10/h4-6,8,12H,7H2,1-3H3. The summed E-state index contributed by atoms with van der Waals surface area (Å²) < 4.78 is 0. The molecule has 0 fully saturated rings. The second-order valence-electron chi connectivity index (χ2n) is 3.48. The number of thioether (sulfide) groups is 1. The summed E-state index contributed by atoms with van der Waals surface area (Å²) in [7, 11) is 0. The van der Waals surface area contributed by atoms with Crippen molar-refractivity contribution in [2.75, 3.05) is 0 Å². The van der Waals surface area contributed by atoms with Gasteiger partial charge in [0.15, 0.2) is 0 Å². The predicted octanol–water partition coefficient (Wildman–Crippen LogP) is 3.34. The molecule has 0 aromatic heterocycles. The molecule has 1 nitrogen and oxygen atoms in total. The van der Waals surface area contributed by atoms with Crippen molar-refractivity contribution in [2.24, 2.45) is 0 Å². The van der Waals surface area contributed by atoms with E-state index in [1.807, 2.05) is 30.8 Å². The van der Waals surface area contributed by atoms with Crippen LogP contribution in [0, 0.1) is 6.92 Å². The maximum Gasteiger partial charge on any atom is 0.118 e. The molecule has 13 heavy (non-hydrogen) atoms. The summed E-state index contributed by atoms with van der Waals surface area (Å²) in [5.41, 5.74) is 2.14. The second kappa shape index (κ2) is 4.56. The van der Waals surface area contributed by atoms with Gasteiger partial charge in [0.1, 0.15) is 5.75 Å². The molecule has 1 aromatic carbocycles. The van der Waals surface area contributed by atoms with E-state index in [9.17, 15) is 5.11 Å². The maximum atomic E-state index is 9.46. The normalized spacial score (nSPS) is 10.8. The Morgan fingerprint density at radius 3 is 2.62 bits per heavy atom. The van der Waals surface area contributed by atoms with Crippen molar-refractivity contribution in [3.63, 3.8) is 0 Å². The van der Waals surface area contributed by atoms with Crippen molar-refractivity contribution in [1.29, 1.82) is 0 Å². The van der Waals surface area contributed by atoms with E-state index in [1.165, 1.54) is 5.56 Å². The van der Waals surface area contributed by atoms with Gasteiger partial charge in [-0.2, -0.15) is 11.8 Å². The molecule has 0 spiro atoms. The van der Waals surface area contributed by atoms with Crippen LogP contribution in [0.25, 0.3) is 0 Å². The Morgan fingerprint density at radius 1 is 1.38 bits per heavy atom. The van der Waals surface area contributed by atoms with Gasteiger partial charge < -0.3 is 5.11 Å². The van der Waals surface area contributed by atoms with Crippen LogP contribution in [-0.4, -0.2) is 10.4 Å². The third kappa shape index (κ3) is 3.31. The molecule has 1 rings (SSSR count). The molecule has 1 N–H and O–H groups in total. The highest BCUT2D eigenvalue weighted by atomic mass is 32.2. The summed E-state index contributed by atoms with van der Waals surface area (Å²) in [5.74, 6) is 1.38. The molecule has 0 saturated heterocycles. The molecule has 72 valence electrons. The number of rotatable bonds is 3. The first-order chi connectivity index (χ1) is 6.09. The second-order valence-corrected chi connectivity index (χ2v) is 5.05. The van der Waals surface area contributed by atoms with Gasteiger partial charge in [-0.25, -0.2) is 0 Å². The van der Waals surface area contributed by atoms with E-state index in [0.29, 0.717) is 11.0 Å². The number of phenolic OH excluding ortho intramolecular Hbond substituents is 1. The van der Waals surface area contributed by atoms with Gasteiger partial charge in [-0.05, 0) is 29.4 Å². The van der Waals surface area contributed by atoms with Gasteiger partial charge in [-0.3, -0.25) is 0 Å². The first-order valence-corrected chi connectivity index (χ1v) is 5.54. The number of aromatic hydroxyl groups is 1. The van der Waals surface area contributed by atoms with Crippen molar-refractivity contribution in [2.45, 2.75) is 31.8 Å². The van der Waals surface area contributed by atoms with Crippen molar-refractivity contribution >= 4 is 11.8 Å². The van der Waals surface area contributed by atoms with Gasteiger partial charge in [0.2, 0.25) is 0 Å². The first-order valence-electron chi connectivity index (χ1n) is 4.49. The van der Waals surface area contributed by atoms with E-state index in [1.54, 1.807) is 0 Å². The SMILES string of the molecule is Cc1ccc(CSC(C)C)cc1O. The van der Waals surface area contributed by atoms with Gasteiger partial charge in [-0.15, -0.1) is 0 Å². The predicted molar refractivity (Wildman–Crippen MR) is 59.3 cm³/mol. The van der Waals surface area contributed by atoms with Crippen molar-refractivity contribution in [3.8, 4) is 5.75 Å². The number of phenols is 1. The van der Waals surface area contributed by atoms with Crippen LogP contribution in [0.5, 0.6) is 5.75 Å². The van der Waals surface area contributed by atoms with Crippen LogP contribution in [0.4, 0.5) is 0 Å². The molecular formula is C11H16OS. The average Bonchev–Trinajstić information content (AvgIpc) is 2.07. The van der Waals surface area contributed by atoms with Gasteiger partial charge in [0, 0.05) is 5.75 Å². The Bertz CT molecular complexity index is 281. The monoisotopic (exact) mass is 196 g/mol. The largest absolute Gasteiger partial charge is 0.508 e. The molecule has 0 saturated carbocycles. The zero-order valence-corrected chi connectivity index (χ0v) is 9.19. The van der Waals surface area contributed by atoms with E-state index in [2.05, 4.69) is 19.9 Å². The fourth-order valence-electron chi connectivity index (χ4n) is 1.01. The van der Waals surface area contributed by atoms with Crippen LogP contribution in [0.2, 0.25) is 0 Å². The summed E-state index contributed by atoms with van der Waals surface area (Å²) in [4.78, 5) is 0. The molecule has 0 amide bonds. The zero-order valence-electron chi connectivity index (χ0n) is 8.37. The van der Waals surface area contributed by atoms with Gasteiger partial charge in [0.25, 0.3) is 0 Å². The van der Waals surface area contributed by atoms with E-state index in [-0.39, 0.29) is 0 Å². The Balaban J connectivity index is 2.63. The van der Waals surface area contributed by atoms with E-state index >= 15 is 0 Å². The molecule has 0 aliphatic heterocycles. The van der Waals surface area contributed by atoms with Crippen LogP contribution in [0.15, 0.2) is 18.2 Å². The minimum atomic E-state index is 0.404. The summed E-state index contributed by atoms with van der Waals surface area (Å²) in [6.45, 7) is 6.27. The van der Waals surface area contributed by atoms with E-state index in [4.69, 9.17) is 0 Å². The fraction of sp³-hybridized carbons (Fsp3) is 0.455. The van der Waals surface area contributed by atoms with Gasteiger partial charge in [0.05, 0.1) is 0 Å². The summed E-state index contributed by atoms with van der Waals surface area (Å²) >= 11 is 1.89. The third-order valence-electron chi connectivity index (χ3n) is 1.86. The Hall–Kier alpha value is -0.630. The smallest absolute Gasteiger partial charge is 0.118 e. The molecule has 0 heterocycles. The minimum Gasteiger partial charge on any atom is -0.508 e. The number of aryl methyl sites for hydroxylation is 1. The fourth-order valence-corrected chi connectivity index (χ4v) is 1.71. The Labute approximate surface area is 84.2 Å². The van der Waals surface area contributed by atoms with Crippen LogP contribution in [-0.2, 0) is 5.75 Å². The minimum absolute atomic E-state index is 0.404. The van der Waals surface area contributed by atoms with Crippen LogP contribution in [0.1, 0.15) is 25.0 Å². The highest BCUT2D eigenvalue weighted by Gasteiger charge is 2.00. The topological polar surface area (TPSA) is 20.2 Å². The summed E-state index contributed by atoms with van der Waals surface area (Å²) in [6, 6.07) is 5.89. The highest BCUT2D eigenvalue weighted by molar-refractivity contribution is 7.99. The van der Waals surface area contributed by atoms with Crippen molar-refractivity contribution in [1.82, 2.24) is 0 Å². The third-order valence-corrected chi connectivity index (χ3v) is 3.02. The highest BCUT2D eigenvalue weighted by Crippen LogP contribution is 2.22. The lowest BCUT2D eigenvalue weighted by atomic mass is 10.1. The van der Waals surface area contributed by atoms with Crippen LogP contribution in [0.3, 0.4) is 0 Å². The molecular weight excluding hydrogens is 180 g/mol. The molecule has 0 bridgehead atoms. The average molecular weight is 196 g/mol. The Morgan fingerprint density at radius 2 is 2.08 bits per heavy atom. The lowest BCUT2D eigenvalue weighted by Gasteiger charge is -2.06. The number of hydrogen-bond donors (Lipinski definition) is 1.